The zero-order valence-electron chi connectivity index (χ0n) is 7.45. The average Bonchev–Trinajstić information content (AvgIpc) is 2.38. The Morgan fingerprint density at radius 3 is 2.73 bits per heavy atom. The van der Waals surface area contributed by atoms with Gasteiger partial charge in [-0.15, -0.1) is 0 Å². The van der Waals surface area contributed by atoms with Gasteiger partial charge in [-0.1, -0.05) is 13.8 Å². The highest BCUT2D eigenvalue weighted by atomic mass is 15.1. The number of hydrogen-bond acceptors (Lipinski definition) is 0. The van der Waals surface area contributed by atoms with Gasteiger partial charge in [0.2, 0.25) is 6.33 Å². The Morgan fingerprint density at radius 2 is 2.09 bits per heavy atom. The smallest absolute Gasteiger partial charge is 0.237 e. The molecule has 1 aromatic heterocycles. The van der Waals surface area contributed by atoms with Crippen LogP contribution < -0.4 is 4.57 Å². The van der Waals surface area contributed by atoms with E-state index in [1.54, 1.807) is 0 Å². The predicted molar refractivity (Wildman–Crippen MR) is 45.2 cm³/mol. The number of aryl methyl sites for hydroxylation is 2. The first-order valence-electron chi connectivity index (χ1n) is 4.41. The quantitative estimate of drug-likeness (QED) is 0.581. The molecule has 1 rings (SSSR count). The lowest BCUT2D eigenvalue weighted by atomic mass is 10.5. The molecule has 0 aliphatic carbocycles. The summed E-state index contributed by atoms with van der Waals surface area (Å²) in [5.41, 5.74) is 0. The summed E-state index contributed by atoms with van der Waals surface area (Å²) < 4.78 is 4.46. The maximum Gasteiger partial charge on any atom is 0.243 e. The normalized spacial score (nSPS) is 10.4. The molecule has 2 heteroatoms. The van der Waals surface area contributed by atoms with Crippen LogP contribution in [0.3, 0.4) is 0 Å². The second-order valence-corrected chi connectivity index (χ2v) is 2.89. The van der Waals surface area contributed by atoms with Crippen LogP contribution in [0.15, 0.2) is 18.7 Å². The molecule has 0 amide bonds. The average molecular weight is 153 g/mol. The van der Waals surface area contributed by atoms with Crippen LogP contribution in [-0.4, -0.2) is 4.57 Å². The highest BCUT2D eigenvalue weighted by molar-refractivity contribution is 4.65. The Balaban J connectivity index is 2.51. The minimum absolute atomic E-state index is 1.14. The largest absolute Gasteiger partial charge is 0.243 e. The van der Waals surface area contributed by atoms with Crippen LogP contribution in [0.25, 0.3) is 0 Å². The Hall–Kier alpha value is -0.790. The van der Waals surface area contributed by atoms with E-state index >= 15 is 0 Å². The van der Waals surface area contributed by atoms with E-state index in [2.05, 4.69) is 41.7 Å². The topological polar surface area (TPSA) is 8.81 Å². The molecule has 2 nitrogen and oxygen atoms in total. The van der Waals surface area contributed by atoms with Crippen molar-refractivity contribution in [1.29, 1.82) is 0 Å². The molecule has 0 unspecified atom stereocenters. The molecule has 0 aromatic carbocycles. The van der Waals surface area contributed by atoms with Crippen molar-refractivity contribution in [3.05, 3.63) is 18.7 Å². The number of rotatable bonds is 4. The van der Waals surface area contributed by atoms with Crippen LogP contribution in [-0.2, 0) is 13.1 Å². The molecular weight excluding hydrogens is 136 g/mol. The van der Waals surface area contributed by atoms with Crippen LogP contribution in [0, 0.1) is 0 Å². The third-order valence-electron chi connectivity index (χ3n) is 1.71. The number of aromatic nitrogens is 2. The summed E-state index contributed by atoms with van der Waals surface area (Å²) in [6, 6.07) is 0. The number of nitrogens with zero attached hydrogens (tertiary/aromatic N) is 2. The SMILES string of the molecule is CCCn1cc[n+](CCC)c1. The van der Waals surface area contributed by atoms with Crippen molar-refractivity contribution < 1.29 is 4.57 Å². The lowest BCUT2D eigenvalue weighted by molar-refractivity contribution is -0.696. The Morgan fingerprint density at radius 1 is 1.27 bits per heavy atom. The summed E-state index contributed by atoms with van der Waals surface area (Å²) in [7, 11) is 0. The van der Waals surface area contributed by atoms with E-state index in [1.165, 1.54) is 12.8 Å². The van der Waals surface area contributed by atoms with Crippen molar-refractivity contribution in [3.8, 4) is 0 Å². The molecule has 0 saturated heterocycles. The summed E-state index contributed by atoms with van der Waals surface area (Å²) in [5, 5.41) is 0. The standard InChI is InChI=1S/C9H17N2/c1-3-5-10-7-8-11(9-10)6-4-2/h7-9H,3-6H2,1-2H3/q+1. The molecular formula is C9H17N2+. The first-order valence-corrected chi connectivity index (χ1v) is 4.41. The summed E-state index contributed by atoms with van der Waals surface area (Å²) in [5.74, 6) is 0. The zero-order valence-corrected chi connectivity index (χ0v) is 7.45. The van der Waals surface area contributed by atoms with Crippen molar-refractivity contribution in [1.82, 2.24) is 4.57 Å². The van der Waals surface area contributed by atoms with Gasteiger partial charge in [-0.05, 0) is 12.8 Å². The van der Waals surface area contributed by atoms with Gasteiger partial charge in [0, 0.05) is 0 Å². The van der Waals surface area contributed by atoms with Crippen LogP contribution >= 0.6 is 0 Å². The second-order valence-electron chi connectivity index (χ2n) is 2.89. The second kappa shape index (κ2) is 4.16. The minimum atomic E-state index is 1.14. The van der Waals surface area contributed by atoms with Gasteiger partial charge in [0.1, 0.15) is 12.4 Å². The van der Waals surface area contributed by atoms with Crippen LogP contribution in [0.2, 0.25) is 0 Å². The first kappa shape index (κ1) is 8.31. The Labute approximate surface area is 68.5 Å². The molecule has 1 aromatic rings. The molecule has 11 heavy (non-hydrogen) atoms. The van der Waals surface area contributed by atoms with Crippen molar-refractivity contribution in [2.45, 2.75) is 39.8 Å². The van der Waals surface area contributed by atoms with Crippen molar-refractivity contribution in [3.63, 3.8) is 0 Å². The summed E-state index contributed by atoms with van der Waals surface area (Å²) >= 11 is 0. The maximum atomic E-state index is 2.23. The molecule has 0 aliphatic heterocycles. The number of imidazole rings is 1. The summed E-state index contributed by atoms with van der Waals surface area (Å²) in [6.45, 7) is 6.67. The maximum absolute atomic E-state index is 2.23. The fraction of sp³-hybridized carbons (Fsp3) is 0.667. The van der Waals surface area contributed by atoms with Gasteiger partial charge in [-0.25, -0.2) is 9.13 Å². The van der Waals surface area contributed by atoms with Crippen LogP contribution in [0.1, 0.15) is 26.7 Å². The van der Waals surface area contributed by atoms with Gasteiger partial charge in [0.15, 0.2) is 0 Å². The molecule has 0 radical (unpaired) electrons. The summed E-state index contributed by atoms with van der Waals surface area (Å²) in [4.78, 5) is 0. The summed E-state index contributed by atoms with van der Waals surface area (Å²) in [6.07, 6.45) is 8.87. The van der Waals surface area contributed by atoms with Crippen LogP contribution in [0.5, 0.6) is 0 Å². The van der Waals surface area contributed by atoms with E-state index < -0.39 is 0 Å². The fourth-order valence-electron chi connectivity index (χ4n) is 1.22. The number of hydrogen-bond donors (Lipinski definition) is 0. The van der Waals surface area contributed by atoms with Crippen LogP contribution in [0.4, 0.5) is 0 Å². The van der Waals surface area contributed by atoms with Crippen molar-refractivity contribution >= 4 is 0 Å². The lowest BCUT2D eigenvalue weighted by Crippen LogP contribution is -2.30. The fourth-order valence-corrected chi connectivity index (χ4v) is 1.22. The van der Waals surface area contributed by atoms with Gasteiger partial charge in [0.25, 0.3) is 0 Å². The van der Waals surface area contributed by atoms with E-state index in [0.717, 1.165) is 13.1 Å². The van der Waals surface area contributed by atoms with Crippen molar-refractivity contribution in [2.75, 3.05) is 0 Å². The van der Waals surface area contributed by atoms with E-state index in [-0.39, 0.29) is 0 Å². The van der Waals surface area contributed by atoms with Crippen molar-refractivity contribution in [2.24, 2.45) is 0 Å². The highest BCUT2D eigenvalue weighted by Gasteiger charge is 1.99. The van der Waals surface area contributed by atoms with E-state index in [0.29, 0.717) is 0 Å². The first-order chi connectivity index (χ1) is 5.36. The minimum Gasteiger partial charge on any atom is -0.237 e. The van der Waals surface area contributed by atoms with Gasteiger partial charge in [-0.2, -0.15) is 0 Å². The molecule has 0 saturated carbocycles. The van der Waals surface area contributed by atoms with E-state index in [1.807, 2.05) is 0 Å². The van der Waals surface area contributed by atoms with Gasteiger partial charge in [-0.3, -0.25) is 0 Å². The predicted octanol–water partition coefficient (Wildman–Crippen LogP) is 1.60. The molecule has 0 spiro atoms. The molecule has 1 heterocycles. The highest BCUT2D eigenvalue weighted by Crippen LogP contribution is 1.88. The molecule has 0 atom stereocenters. The Bertz CT molecular complexity index is 183. The lowest BCUT2D eigenvalue weighted by Gasteiger charge is -1.90. The Kier molecular flexibility index (Phi) is 3.14. The zero-order chi connectivity index (χ0) is 8.10. The molecule has 62 valence electrons. The molecule has 0 N–H and O–H groups in total. The van der Waals surface area contributed by atoms with E-state index in [4.69, 9.17) is 0 Å². The van der Waals surface area contributed by atoms with Gasteiger partial charge >= 0.3 is 0 Å². The molecule has 0 aliphatic rings. The molecule has 0 bridgehead atoms. The third-order valence-corrected chi connectivity index (χ3v) is 1.71. The van der Waals surface area contributed by atoms with Gasteiger partial charge < -0.3 is 0 Å². The van der Waals surface area contributed by atoms with Gasteiger partial charge in [0.05, 0.1) is 13.1 Å². The third kappa shape index (κ3) is 2.37. The monoisotopic (exact) mass is 153 g/mol. The van der Waals surface area contributed by atoms with E-state index in [9.17, 15) is 0 Å². The molecule has 0 fully saturated rings.